The Hall–Kier alpha value is -1.42. The Morgan fingerprint density at radius 2 is 1.94 bits per heavy atom. The van der Waals surface area contributed by atoms with Crippen molar-refractivity contribution >= 4 is 23.2 Å². The van der Waals surface area contributed by atoms with E-state index in [-0.39, 0.29) is 12.3 Å². The zero-order chi connectivity index (χ0) is 13.0. The second-order valence-corrected chi connectivity index (χ2v) is 2.89. The lowest BCUT2D eigenvalue weighted by Crippen LogP contribution is -2.37. The average molecular weight is 240 g/mol. The molecule has 2 N–H and O–H groups in total. The molecule has 3 nitrogen and oxygen atoms in total. The highest BCUT2D eigenvalue weighted by molar-refractivity contribution is 7.80. The van der Waals surface area contributed by atoms with E-state index < -0.39 is 0 Å². The summed E-state index contributed by atoms with van der Waals surface area (Å²) in [6.45, 7) is 11.1. The van der Waals surface area contributed by atoms with Gasteiger partial charge in [-0.2, -0.15) is 0 Å². The first-order chi connectivity index (χ1) is 7.63. The zero-order valence-corrected chi connectivity index (χ0v) is 11.0. The molecule has 0 aromatic carbocycles. The zero-order valence-electron chi connectivity index (χ0n) is 10.2. The van der Waals surface area contributed by atoms with Crippen molar-refractivity contribution in [2.24, 2.45) is 0 Å². The van der Waals surface area contributed by atoms with Gasteiger partial charge in [0.1, 0.15) is 0 Å². The molecule has 0 aliphatic carbocycles. The number of rotatable bonds is 4. The monoisotopic (exact) mass is 240 g/mol. The lowest BCUT2D eigenvalue weighted by molar-refractivity contribution is -0.119. The number of amides is 1. The van der Waals surface area contributed by atoms with Gasteiger partial charge in [-0.1, -0.05) is 45.2 Å². The fraction of sp³-hybridized carbons (Fsp3) is 0.333. The first kappa shape index (κ1) is 17.0. The van der Waals surface area contributed by atoms with Gasteiger partial charge in [-0.3, -0.25) is 4.79 Å². The molecular weight excluding hydrogens is 220 g/mol. The quantitative estimate of drug-likeness (QED) is 0.585. The van der Waals surface area contributed by atoms with Crippen molar-refractivity contribution in [2.45, 2.75) is 20.3 Å². The number of carbonyl (C=O) groups is 1. The van der Waals surface area contributed by atoms with E-state index in [1.807, 2.05) is 13.8 Å². The summed E-state index contributed by atoms with van der Waals surface area (Å²) in [5.74, 6) is -0.169. The minimum atomic E-state index is -0.169. The number of nitrogens with one attached hydrogen (secondary N) is 2. The van der Waals surface area contributed by atoms with Crippen LogP contribution >= 0.6 is 12.2 Å². The van der Waals surface area contributed by atoms with Crippen molar-refractivity contribution in [3.05, 3.63) is 37.0 Å². The summed E-state index contributed by atoms with van der Waals surface area (Å²) in [6, 6.07) is 0. The van der Waals surface area contributed by atoms with Crippen LogP contribution in [0.25, 0.3) is 0 Å². The van der Waals surface area contributed by atoms with Gasteiger partial charge < -0.3 is 10.6 Å². The maximum absolute atomic E-state index is 11.3. The molecule has 0 aromatic heterocycles. The summed E-state index contributed by atoms with van der Waals surface area (Å²) in [6.07, 6.45) is 5.21. The molecule has 4 heteroatoms. The van der Waals surface area contributed by atoms with Crippen molar-refractivity contribution in [3.8, 4) is 0 Å². The number of carbonyl (C=O) groups excluding carboxylic acids is 1. The van der Waals surface area contributed by atoms with E-state index in [2.05, 4.69) is 23.8 Å². The summed E-state index contributed by atoms with van der Waals surface area (Å²) >= 11 is 4.78. The van der Waals surface area contributed by atoms with Gasteiger partial charge in [0.05, 0.1) is 6.42 Å². The molecule has 0 aliphatic rings. The molecule has 0 fully saturated rings. The van der Waals surface area contributed by atoms with E-state index in [1.54, 1.807) is 25.3 Å². The molecule has 0 aliphatic heterocycles. The van der Waals surface area contributed by atoms with Gasteiger partial charge in [0.15, 0.2) is 5.11 Å². The Bertz CT molecular complexity index is 283. The first-order valence-corrected chi connectivity index (χ1v) is 5.50. The van der Waals surface area contributed by atoms with E-state index in [4.69, 9.17) is 12.2 Å². The fourth-order valence-corrected chi connectivity index (χ4v) is 0.883. The molecule has 1 amide bonds. The Morgan fingerprint density at radius 3 is 2.31 bits per heavy atom. The smallest absolute Gasteiger partial charge is 0.230 e. The second-order valence-electron chi connectivity index (χ2n) is 2.49. The Kier molecular flexibility index (Phi) is 12.4. The van der Waals surface area contributed by atoms with Crippen molar-refractivity contribution < 1.29 is 4.79 Å². The standard InChI is InChI=1S/C10H14N2OS.C2H6/c1-4-6-8(5-2)7-9(13)12-10(14)11-3;1-2/h4-6H,1-2,7H2,3H3,(H2,11,12,13,14);1-2H3/b8-6+;. The molecule has 0 rings (SSSR count). The van der Waals surface area contributed by atoms with Crippen molar-refractivity contribution in [3.63, 3.8) is 0 Å². The van der Waals surface area contributed by atoms with Crippen LogP contribution in [0.4, 0.5) is 0 Å². The summed E-state index contributed by atoms with van der Waals surface area (Å²) < 4.78 is 0. The first-order valence-electron chi connectivity index (χ1n) is 5.09. The van der Waals surface area contributed by atoms with Crippen LogP contribution in [0.1, 0.15) is 20.3 Å². The molecule has 90 valence electrons. The molecule has 0 saturated heterocycles. The molecule has 0 spiro atoms. The molecule has 0 bridgehead atoms. The van der Waals surface area contributed by atoms with Crippen LogP contribution in [0.3, 0.4) is 0 Å². The third kappa shape index (κ3) is 9.15. The average Bonchev–Trinajstić information content (AvgIpc) is 2.30. The minimum absolute atomic E-state index is 0.169. The van der Waals surface area contributed by atoms with Gasteiger partial charge in [0, 0.05) is 7.05 Å². The summed E-state index contributed by atoms with van der Waals surface area (Å²) in [4.78, 5) is 11.3. The summed E-state index contributed by atoms with van der Waals surface area (Å²) in [5, 5.41) is 5.48. The molecular formula is C12H20N2OS. The Morgan fingerprint density at radius 1 is 1.38 bits per heavy atom. The van der Waals surface area contributed by atoms with Crippen LogP contribution in [0.2, 0.25) is 0 Å². The number of thiocarbonyl (C=S) groups is 1. The van der Waals surface area contributed by atoms with Gasteiger partial charge in [-0.15, -0.1) is 0 Å². The normalized spacial score (nSPS) is 9.31. The largest absolute Gasteiger partial charge is 0.365 e. The Balaban J connectivity index is 0. The highest BCUT2D eigenvalue weighted by Gasteiger charge is 2.03. The van der Waals surface area contributed by atoms with Crippen LogP contribution in [0.5, 0.6) is 0 Å². The highest BCUT2D eigenvalue weighted by atomic mass is 32.1. The molecule has 0 radical (unpaired) electrons. The fourth-order valence-electron chi connectivity index (χ4n) is 0.769. The maximum Gasteiger partial charge on any atom is 0.230 e. The second kappa shape index (κ2) is 11.7. The molecule has 0 heterocycles. The van der Waals surface area contributed by atoms with Crippen molar-refractivity contribution in [2.75, 3.05) is 7.05 Å². The van der Waals surface area contributed by atoms with E-state index in [9.17, 15) is 4.79 Å². The van der Waals surface area contributed by atoms with Crippen LogP contribution in [0.15, 0.2) is 37.0 Å². The number of hydrogen-bond acceptors (Lipinski definition) is 2. The van der Waals surface area contributed by atoms with E-state index in [1.165, 1.54) is 0 Å². The molecule has 0 aromatic rings. The topological polar surface area (TPSA) is 41.1 Å². The molecule has 0 unspecified atom stereocenters. The third-order valence-electron chi connectivity index (χ3n) is 1.44. The van der Waals surface area contributed by atoms with E-state index >= 15 is 0 Å². The number of allylic oxidation sites excluding steroid dienone is 3. The number of hydrogen-bond donors (Lipinski definition) is 2. The van der Waals surface area contributed by atoms with Gasteiger partial charge in [-0.25, -0.2) is 0 Å². The van der Waals surface area contributed by atoms with Gasteiger partial charge >= 0.3 is 0 Å². The van der Waals surface area contributed by atoms with E-state index in [0.717, 1.165) is 5.57 Å². The van der Waals surface area contributed by atoms with Gasteiger partial charge in [0.25, 0.3) is 0 Å². The minimum Gasteiger partial charge on any atom is -0.365 e. The molecule has 16 heavy (non-hydrogen) atoms. The van der Waals surface area contributed by atoms with E-state index in [0.29, 0.717) is 5.11 Å². The van der Waals surface area contributed by atoms with Crippen molar-refractivity contribution in [1.82, 2.24) is 10.6 Å². The lowest BCUT2D eigenvalue weighted by Gasteiger charge is -2.05. The maximum atomic E-state index is 11.3. The highest BCUT2D eigenvalue weighted by Crippen LogP contribution is 2.02. The predicted molar refractivity (Wildman–Crippen MR) is 74.2 cm³/mol. The third-order valence-corrected chi connectivity index (χ3v) is 1.74. The van der Waals surface area contributed by atoms with Crippen LogP contribution < -0.4 is 10.6 Å². The van der Waals surface area contributed by atoms with Crippen LogP contribution in [-0.4, -0.2) is 18.1 Å². The molecule has 0 saturated carbocycles. The SMILES string of the molecule is C=C/C=C(\C=C)CC(=O)NC(=S)NC.CC. The Labute approximate surface area is 103 Å². The summed E-state index contributed by atoms with van der Waals surface area (Å²) in [5.41, 5.74) is 0.802. The molecule has 0 atom stereocenters. The van der Waals surface area contributed by atoms with Gasteiger partial charge in [-0.05, 0) is 17.8 Å². The summed E-state index contributed by atoms with van der Waals surface area (Å²) in [7, 11) is 1.65. The predicted octanol–water partition coefficient (Wildman–Crippen LogP) is 2.32. The van der Waals surface area contributed by atoms with Gasteiger partial charge in [0.2, 0.25) is 5.91 Å². The van der Waals surface area contributed by atoms with Crippen LogP contribution in [-0.2, 0) is 4.79 Å². The lowest BCUT2D eigenvalue weighted by atomic mass is 10.1. The van der Waals surface area contributed by atoms with Crippen molar-refractivity contribution in [1.29, 1.82) is 0 Å². The van der Waals surface area contributed by atoms with Crippen LogP contribution in [0, 0.1) is 0 Å².